The number of hydrogen-bond acceptors (Lipinski definition) is 2. The summed E-state index contributed by atoms with van der Waals surface area (Å²) in [6, 6.07) is 4.46. The van der Waals surface area contributed by atoms with Gasteiger partial charge in [0, 0.05) is 4.47 Å². The third-order valence-corrected chi connectivity index (χ3v) is 3.03. The molecular weight excluding hydrogens is 271 g/mol. The van der Waals surface area contributed by atoms with E-state index in [1.165, 1.54) is 12.1 Å². The maximum atomic E-state index is 11.0. The van der Waals surface area contributed by atoms with Crippen LogP contribution in [0.5, 0.6) is 5.75 Å². The second kappa shape index (κ2) is 4.45. The molecular formula is C8H10BrO4P. The smallest absolute Gasteiger partial charge is 0.359 e. The van der Waals surface area contributed by atoms with Crippen LogP contribution in [0.2, 0.25) is 0 Å². The Kier molecular flexibility index (Phi) is 3.72. The minimum absolute atomic E-state index is 0.0810. The minimum Gasteiger partial charge on any atom is -0.493 e. The summed E-state index contributed by atoms with van der Waals surface area (Å²) in [5, 5.41) is -0.0810. The van der Waals surface area contributed by atoms with Gasteiger partial charge in [-0.15, -0.1) is 0 Å². The lowest BCUT2D eigenvalue weighted by Crippen LogP contribution is -2.09. The number of ether oxygens (including phenoxy) is 1. The van der Waals surface area contributed by atoms with Gasteiger partial charge in [-0.05, 0) is 25.1 Å². The Morgan fingerprint density at radius 2 is 2.14 bits per heavy atom. The van der Waals surface area contributed by atoms with Crippen molar-refractivity contribution in [3.05, 3.63) is 22.7 Å². The molecule has 0 spiro atoms. The molecule has 0 radical (unpaired) electrons. The van der Waals surface area contributed by atoms with E-state index in [-0.39, 0.29) is 11.1 Å². The Morgan fingerprint density at radius 1 is 1.50 bits per heavy atom. The second-order valence-corrected chi connectivity index (χ2v) is 5.07. The lowest BCUT2D eigenvalue weighted by molar-refractivity contribution is 0.338. The molecule has 4 nitrogen and oxygen atoms in total. The average Bonchev–Trinajstić information content (AvgIpc) is 2.02. The lowest BCUT2D eigenvalue weighted by Gasteiger charge is -2.11. The third-order valence-electron chi connectivity index (χ3n) is 1.54. The van der Waals surface area contributed by atoms with E-state index in [1.807, 2.05) is 0 Å². The van der Waals surface area contributed by atoms with Gasteiger partial charge in [0.15, 0.2) is 0 Å². The summed E-state index contributed by atoms with van der Waals surface area (Å²) in [5.41, 5.74) is 0. The van der Waals surface area contributed by atoms with Gasteiger partial charge in [0.25, 0.3) is 0 Å². The highest BCUT2D eigenvalue weighted by Gasteiger charge is 2.22. The standard InChI is InChI=1S/C8H10BrO4P/c1-2-13-7-5-6(9)3-4-8(7)14(10,11)12/h3-5H,2H2,1H3,(H2,10,11,12). The van der Waals surface area contributed by atoms with Gasteiger partial charge < -0.3 is 14.5 Å². The largest absolute Gasteiger partial charge is 0.493 e. The van der Waals surface area contributed by atoms with Gasteiger partial charge in [0.1, 0.15) is 11.1 Å². The van der Waals surface area contributed by atoms with Crippen LogP contribution in [-0.2, 0) is 4.57 Å². The Hall–Kier alpha value is -0.350. The molecule has 1 rings (SSSR count). The molecule has 0 aliphatic rings. The van der Waals surface area contributed by atoms with Gasteiger partial charge in [0.2, 0.25) is 0 Å². The van der Waals surface area contributed by atoms with Gasteiger partial charge in [-0.2, -0.15) is 0 Å². The van der Waals surface area contributed by atoms with E-state index in [0.717, 1.165) is 4.47 Å². The molecule has 0 atom stereocenters. The van der Waals surface area contributed by atoms with E-state index in [2.05, 4.69) is 15.9 Å². The number of hydrogen-bond donors (Lipinski definition) is 2. The van der Waals surface area contributed by atoms with E-state index in [9.17, 15) is 4.57 Å². The number of benzene rings is 1. The summed E-state index contributed by atoms with van der Waals surface area (Å²) in [7, 11) is -4.25. The first-order chi connectivity index (χ1) is 6.45. The monoisotopic (exact) mass is 280 g/mol. The number of rotatable bonds is 3. The van der Waals surface area contributed by atoms with Crippen LogP contribution in [0.25, 0.3) is 0 Å². The Morgan fingerprint density at radius 3 is 2.64 bits per heavy atom. The molecule has 0 aromatic heterocycles. The fourth-order valence-corrected chi connectivity index (χ4v) is 2.02. The van der Waals surface area contributed by atoms with Crippen molar-refractivity contribution >= 4 is 28.8 Å². The maximum Gasteiger partial charge on any atom is 0.359 e. The zero-order chi connectivity index (χ0) is 10.8. The van der Waals surface area contributed by atoms with Crippen LogP contribution in [0.3, 0.4) is 0 Å². The van der Waals surface area contributed by atoms with Crippen molar-refractivity contribution in [3.63, 3.8) is 0 Å². The van der Waals surface area contributed by atoms with Gasteiger partial charge >= 0.3 is 7.60 Å². The predicted molar refractivity (Wildman–Crippen MR) is 57.0 cm³/mol. The molecule has 0 unspecified atom stereocenters. The lowest BCUT2D eigenvalue weighted by atomic mass is 10.3. The quantitative estimate of drug-likeness (QED) is 0.827. The van der Waals surface area contributed by atoms with Crippen molar-refractivity contribution in [3.8, 4) is 5.75 Å². The van der Waals surface area contributed by atoms with Crippen molar-refractivity contribution in [1.82, 2.24) is 0 Å². The molecule has 0 amide bonds. The summed E-state index contributed by atoms with van der Waals surface area (Å²) in [5.74, 6) is 0.218. The van der Waals surface area contributed by atoms with Gasteiger partial charge in [-0.3, -0.25) is 4.57 Å². The highest BCUT2D eigenvalue weighted by atomic mass is 79.9. The summed E-state index contributed by atoms with van der Waals surface area (Å²) < 4.78 is 16.9. The Balaban J connectivity index is 3.22. The van der Waals surface area contributed by atoms with Crippen LogP contribution >= 0.6 is 23.5 Å². The molecule has 0 saturated carbocycles. The first kappa shape index (κ1) is 11.7. The first-order valence-corrected chi connectivity index (χ1v) is 6.34. The van der Waals surface area contributed by atoms with Crippen molar-refractivity contribution in [2.75, 3.05) is 6.61 Å². The SMILES string of the molecule is CCOc1cc(Br)ccc1P(=O)(O)O. The molecule has 0 heterocycles. The van der Waals surface area contributed by atoms with Crippen LogP contribution in [0.4, 0.5) is 0 Å². The predicted octanol–water partition coefficient (Wildman–Crippen LogP) is 1.65. The molecule has 0 bridgehead atoms. The van der Waals surface area contributed by atoms with E-state index < -0.39 is 7.60 Å². The molecule has 0 aliphatic carbocycles. The van der Waals surface area contributed by atoms with E-state index >= 15 is 0 Å². The zero-order valence-electron chi connectivity index (χ0n) is 7.48. The summed E-state index contributed by atoms with van der Waals surface area (Å²) >= 11 is 3.20. The highest BCUT2D eigenvalue weighted by Crippen LogP contribution is 2.38. The van der Waals surface area contributed by atoms with E-state index in [4.69, 9.17) is 14.5 Å². The molecule has 14 heavy (non-hydrogen) atoms. The molecule has 0 saturated heterocycles. The van der Waals surface area contributed by atoms with Gasteiger partial charge in [0.05, 0.1) is 6.61 Å². The molecule has 1 aromatic carbocycles. The van der Waals surface area contributed by atoms with Crippen molar-refractivity contribution in [2.45, 2.75) is 6.92 Å². The van der Waals surface area contributed by atoms with Crippen LogP contribution in [0.15, 0.2) is 22.7 Å². The van der Waals surface area contributed by atoms with E-state index in [0.29, 0.717) is 6.61 Å². The molecule has 0 aliphatic heterocycles. The van der Waals surface area contributed by atoms with Crippen LogP contribution in [0, 0.1) is 0 Å². The number of halogens is 1. The van der Waals surface area contributed by atoms with Gasteiger partial charge in [-0.25, -0.2) is 0 Å². The topological polar surface area (TPSA) is 66.8 Å². The van der Waals surface area contributed by atoms with Crippen LogP contribution in [-0.4, -0.2) is 16.4 Å². The fraction of sp³-hybridized carbons (Fsp3) is 0.250. The minimum atomic E-state index is -4.25. The average molecular weight is 281 g/mol. The molecule has 6 heteroatoms. The molecule has 78 valence electrons. The Labute approximate surface area is 90.2 Å². The maximum absolute atomic E-state index is 11.0. The molecule has 2 N–H and O–H groups in total. The first-order valence-electron chi connectivity index (χ1n) is 3.93. The summed E-state index contributed by atoms with van der Waals surface area (Å²) in [6.45, 7) is 2.12. The van der Waals surface area contributed by atoms with Crippen LogP contribution in [0.1, 0.15) is 6.92 Å². The highest BCUT2D eigenvalue weighted by molar-refractivity contribution is 9.10. The van der Waals surface area contributed by atoms with Crippen molar-refractivity contribution in [1.29, 1.82) is 0 Å². The Bertz CT molecular complexity index is 374. The summed E-state index contributed by atoms with van der Waals surface area (Å²) in [6.07, 6.45) is 0. The third kappa shape index (κ3) is 2.82. The van der Waals surface area contributed by atoms with Crippen LogP contribution < -0.4 is 10.0 Å². The van der Waals surface area contributed by atoms with E-state index in [1.54, 1.807) is 13.0 Å². The second-order valence-electron chi connectivity index (χ2n) is 2.59. The van der Waals surface area contributed by atoms with Gasteiger partial charge in [-0.1, -0.05) is 15.9 Å². The fourth-order valence-electron chi connectivity index (χ4n) is 1.000. The van der Waals surface area contributed by atoms with Crippen molar-refractivity contribution < 1.29 is 19.1 Å². The normalized spacial score (nSPS) is 11.4. The molecule has 0 fully saturated rings. The zero-order valence-corrected chi connectivity index (χ0v) is 9.96. The van der Waals surface area contributed by atoms with Crippen molar-refractivity contribution in [2.24, 2.45) is 0 Å². The molecule has 1 aromatic rings. The summed E-state index contributed by atoms with van der Waals surface area (Å²) in [4.78, 5) is 18.0.